The molecular weight excluding hydrogens is 300 g/mol. The lowest BCUT2D eigenvalue weighted by Crippen LogP contribution is -2.50. The van der Waals surface area contributed by atoms with Crippen molar-refractivity contribution in [2.75, 3.05) is 20.1 Å². The Morgan fingerprint density at radius 2 is 2.05 bits per heavy atom. The van der Waals surface area contributed by atoms with Crippen LogP contribution < -0.4 is 5.32 Å². The number of halogens is 1. The van der Waals surface area contributed by atoms with Crippen LogP contribution in [-0.4, -0.2) is 30.6 Å². The molecule has 0 aromatic heterocycles. The van der Waals surface area contributed by atoms with Gasteiger partial charge < -0.3 is 5.32 Å². The quantitative estimate of drug-likeness (QED) is 0.896. The van der Waals surface area contributed by atoms with Crippen LogP contribution in [0.25, 0.3) is 0 Å². The fraction of sp³-hybridized carbons (Fsp3) is 0.625. The Kier molecular flexibility index (Phi) is 3.71. The molecule has 1 saturated heterocycles. The molecule has 1 fully saturated rings. The highest BCUT2D eigenvalue weighted by atomic mass is 79.9. The maximum absolute atomic E-state index is 3.70. The van der Waals surface area contributed by atoms with E-state index in [-0.39, 0.29) is 0 Å². The third kappa shape index (κ3) is 2.48. The van der Waals surface area contributed by atoms with Gasteiger partial charge in [-0.2, -0.15) is 0 Å². The first-order chi connectivity index (χ1) is 9.13. The third-order valence-electron chi connectivity index (χ3n) is 5.13. The van der Waals surface area contributed by atoms with Crippen LogP contribution >= 0.6 is 15.9 Å². The molecule has 1 unspecified atom stereocenters. The van der Waals surface area contributed by atoms with E-state index >= 15 is 0 Å². The van der Waals surface area contributed by atoms with Crippen molar-refractivity contribution in [3.05, 3.63) is 33.8 Å². The first-order valence-electron chi connectivity index (χ1n) is 7.33. The number of likely N-dealkylation sites (tertiary alicyclic amines) is 1. The minimum Gasteiger partial charge on any atom is -0.314 e. The Labute approximate surface area is 124 Å². The van der Waals surface area contributed by atoms with E-state index in [4.69, 9.17) is 0 Å². The van der Waals surface area contributed by atoms with E-state index in [0.717, 1.165) is 0 Å². The molecule has 1 atom stereocenters. The molecule has 1 heterocycles. The number of benzene rings is 1. The first-order valence-corrected chi connectivity index (χ1v) is 8.12. The zero-order valence-corrected chi connectivity index (χ0v) is 13.5. The van der Waals surface area contributed by atoms with Gasteiger partial charge in [0.2, 0.25) is 0 Å². The van der Waals surface area contributed by atoms with Crippen molar-refractivity contribution in [1.29, 1.82) is 0 Å². The molecule has 104 valence electrons. The van der Waals surface area contributed by atoms with Gasteiger partial charge in [0.15, 0.2) is 0 Å². The summed E-state index contributed by atoms with van der Waals surface area (Å²) in [5, 5.41) is 3.49. The Hall–Kier alpha value is -0.380. The van der Waals surface area contributed by atoms with Crippen molar-refractivity contribution in [1.82, 2.24) is 10.2 Å². The topological polar surface area (TPSA) is 15.3 Å². The number of piperidine rings is 1. The summed E-state index contributed by atoms with van der Waals surface area (Å²) in [7, 11) is 2.09. The lowest BCUT2D eigenvalue weighted by molar-refractivity contribution is 0.110. The number of hydrogen-bond donors (Lipinski definition) is 1. The highest BCUT2D eigenvalue weighted by molar-refractivity contribution is 9.10. The van der Waals surface area contributed by atoms with Gasteiger partial charge in [0.05, 0.1) is 0 Å². The fourth-order valence-electron chi connectivity index (χ4n) is 3.55. The van der Waals surface area contributed by atoms with Crippen molar-refractivity contribution in [3.63, 3.8) is 0 Å². The summed E-state index contributed by atoms with van der Waals surface area (Å²) in [5.41, 5.74) is 3.44. The van der Waals surface area contributed by atoms with Crippen molar-refractivity contribution >= 4 is 15.9 Å². The van der Waals surface area contributed by atoms with Gasteiger partial charge in [-0.15, -0.1) is 0 Å². The van der Waals surface area contributed by atoms with Crippen LogP contribution in [-0.2, 0) is 6.42 Å². The number of fused-ring (bicyclic) bond motifs is 1. The second-order valence-corrected chi connectivity index (χ2v) is 7.06. The van der Waals surface area contributed by atoms with Crippen molar-refractivity contribution in [3.8, 4) is 0 Å². The second kappa shape index (κ2) is 5.19. The van der Waals surface area contributed by atoms with Crippen LogP contribution in [0, 0.1) is 0 Å². The molecule has 1 aliphatic carbocycles. The minimum atomic E-state index is 0.342. The summed E-state index contributed by atoms with van der Waals surface area (Å²) in [6.07, 6.45) is 5.02. The zero-order chi connectivity index (χ0) is 13.5. The van der Waals surface area contributed by atoms with Crippen LogP contribution in [0.15, 0.2) is 22.7 Å². The van der Waals surface area contributed by atoms with Gasteiger partial charge in [-0.25, -0.2) is 0 Å². The number of rotatable bonds is 2. The molecule has 0 radical (unpaired) electrons. The van der Waals surface area contributed by atoms with Crippen LogP contribution in [0.1, 0.15) is 43.4 Å². The maximum atomic E-state index is 3.70. The van der Waals surface area contributed by atoms with E-state index in [1.54, 1.807) is 5.56 Å². The Morgan fingerprint density at radius 1 is 1.32 bits per heavy atom. The van der Waals surface area contributed by atoms with E-state index in [2.05, 4.69) is 58.3 Å². The average Bonchev–Trinajstić information content (AvgIpc) is 2.85. The molecule has 1 aliphatic heterocycles. The van der Waals surface area contributed by atoms with E-state index in [9.17, 15) is 0 Å². The monoisotopic (exact) mass is 322 g/mol. The van der Waals surface area contributed by atoms with Gasteiger partial charge in [-0.3, -0.25) is 4.90 Å². The summed E-state index contributed by atoms with van der Waals surface area (Å²) >= 11 is 3.70. The van der Waals surface area contributed by atoms with Gasteiger partial charge >= 0.3 is 0 Å². The van der Waals surface area contributed by atoms with Gasteiger partial charge in [0.1, 0.15) is 0 Å². The molecule has 1 aromatic rings. The summed E-state index contributed by atoms with van der Waals surface area (Å²) in [4.78, 5) is 2.69. The number of hydrogen-bond acceptors (Lipinski definition) is 2. The van der Waals surface area contributed by atoms with Gasteiger partial charge in [0.25, 0.3) is 0 Å². The molecule has 1 aromatic carbocycles. The Morgan fingerprint density at radius 3 is 2.74 bits per heavy atom. The normalized spacial score (nSPS) is 26.4. The molecule has 19 heavy (non-hydrogen) atoms. The van der Waals surface area contributed by atoms with Crippen molar-refractivity contribution in [2.24, 2.45) is 0 Å². The maximum Gasteiger partial charge on any atom is 0.0354 e. The summed E-state index contributed by atoms with van der Waals surface area (Å²) < 4.78 is 1.30. The molecule has 0 saturated carbocycles. The fourth-order valence-corrected chi connectivity index (χ4v) is 4.13. The minimum absolute atomic E-state index is 0.342. The number of nitrogens with zero attached hydrogens (tertiary/aromatic N) is 1. The molecular formula is C16H23BrN2. The highest BCUT2D eigenvalue weighted by Gasteiger charge is 2.34. The Balaban J connectivity index is 1.75. The van der Waals surface area contributed by atoms with Crippen molar-refractivity contribution < 1.29 is 0 Å². The van der Waals surface area contributed by atoms with Crippen LogP contribution in [0.4, 0.5) is 0 Å². The molecule has 2 nitrogen and oxygen atoms in total. The van der Waals surface area contributed by atoms with Crippen LogP contribution in [0.3, 0.4) is 0 Å². The van der Waals surface area contributed by atoms with E-state index in [1.807, 2.05) is 0 Å². The lowest BCUT2D eigenvalue weighted by Gasteiger charge is -2.42. The average molecular weight is 323 g/mol. The largest absolute Gasteiger partial charge is 0.314 e. The van der Waals surface area contributed by atoms with E-state index in [1.165, 1.54) is 48.8 Å². The second-order valence-electron chi connectivity index (χ2n) is 6.21. The summed E-state index contributed by atoms with van der Waals surface area (Å²) in [5.74, 6) is 0. The van der Waals surface area contributed by atoms with Gasteiger partial charge in [-0.05, 0) is 56.8 Å². The third-order valence-corrected chi connectivity index (χ3v) is 5.87. The Bertz CT molecular complexity index is 464. The smallest absolute Gasteiger partial charge is 0.0354 e. The van der Waals surface area contributed by atoms with E-state index in [0.29, 0.717) is 11.6 Å². The molecule has 0 amide bonds. The highest BCUT2D eigenvalue weighted by Crippen LogP contribution is 2.40. The molecule has 3 rings (SSSR count). The summed E-state index contributed by atoms with van der Waals surface area (Å²) in [6, 6.07) is 7.33. The SMILES string of the molecule is CNC1(C)CCN(C2CCc3c(Br)cccc32)CC1. The summed E-state index contributed by atoms with van der Waals surface area (Å²) in [6.45, 7) is 4.78. The van der Waals surface area contributed by atoms with Gasteiger partial charge in [-0.1, -0.05) is 28.1 Å². The number of nitrogens with one attached hydrogen (secondary N) is 1. The lowest BCUT2D eigenvalue weighted by atomic mass is 9.88. The molecule has 3 heteroatoms. The first kappa shape index (κ1) is 13.6. The molecule has 1 N–H and O–H groups in total. The van der Waals surface area contributed by atoms with Gasteiger partial charge in [0, 0.05) is 29.1 Å². The molecule has 0 spiro atoms. The van der Waals surface area contributed by atoms with Crippen LogP contribution in [0.5, 0.6) is 0 Å². The molecule has 2 aliphatic rings. The van der Waals surface area contributed by atoms with Crippen LogP contribution in [0.2, 0.25) is 0 Å². The van der Waals surface area contributed by atoms with Crippen molar-refractivity contribution in [2.45, 2.75) is 44.2 Å². The zero-order valence-electron chi connectivity index (χ0n) is 11.9. The van der Waals surface area contributed by atoms with E-state index < -0.39 is 0 Å². The standard InChI is InChI=1S/C16H23BrN2/c1-16(18-2)8-10-19(11-9-16)15-7-6-12-13(15)4-3-5-14(12)17/h3-5,15,18H,6-11H2,1-2H3. The molecule has 0 bridgehead atoms. The predicted octanol–water partition coefficient (Wildman–Crippen LogP) is 3.51. The predicted molar refractivity (Wildman–Crippen MR) is 83.5 cm³/mol.